The Morgan fingerprint density at radius 2 is 2.24 bits per heavy atom. The quantitative estimate of drug-likeness (QED) is 0.709. The highest BCUT2D eigenvalue weighted by atomic mass is 35.5. The average molecular weight is 265 g/mol. The zero-order valence-corrected chi connectivity index (χ0v) is 10.6. The van der Waals surface area contributed by atoms with Crippen LogP contribution in [-0.2, 0) is 0 Å². The summed E-state index contributed by atoms with van der Waals surface area (Å²) in [6.07, 6.45) is 0. The van der Waals surface area contributed by atoms with Gasteiger partial charge in [0.25, 0.3) is 0 Å². The number of nitrogens with two attached hydrogens (primary N) is 1. The second-order valence-electron chi connectivity index (χ2n) is 3.73. The first-order valence-corrected chi connectivity index (χ1v) is 6.18. The molecule has 0 amide bonds. The number of imidazole rings is 1. The smallest absolute Gasteiger partial charge is 0.143 e. The van der Waals surface area contributed by atoms with Crippen molar-refractivity contribution in [1.82, 2.24) is 14.3 Å². The lowest BCUT2D eigenvalue weighted by atomic mass is 10.2. The second-order valence-corrected chi connectivity index (χ2v) is 4.94. The summed E-state index contributed by atoms with van der Waals surface area (Å²) in [5, 5.41) is 1.29. The highest BCUT2D eigenvalue weighted by Gasteiger charge is 2.15. The zero-order valence-electron chi connectivity index (χ0n) is 8.99. The lowest BCUT2D eigenvalue weighted by molar-refractivity contribution is 1.28. The van der Waals surface area contributed by atoms with E-state index in [0.29, 0.717) is 10.0 Å². The van der Waals surface area contributed by atoms with Crippen LogP contribution in [0.25, 0.3) is 22.4 Å². The second kappa shape index (κ2) is 3.72. The molecule has 4 nitrogen and oxygen atoms in total. The van der Waals surface area contributed by atoms with Gasteiger partial charge in [0.15, 0.2) is 0 Å². The van der Waals surface area contributed by atoms with E-state index in [4.69, 9.17) is 17.3 Å². The highest BCUT2D eigenvalue weighted by Crippen LogP contribution is 2.32. The molecule has 0 radical (unpaired) electrons. The first-order chi connectivity index (χ1) is 8.16. The van der Waals surface area contributed by atoms with Gasteiger partial charge in [-0.05, 0) is 30.6 Å². The molecule has 3 N–H and O–H groups in total. The largest absolute Gasteiger partial charge is 0.389 e. The molecular weight excluding hydrogens is 256 g/mol. The molecule has 1 aromatic carbocycles. The number of hydrogen-bond donors (Lipinski definition) is 2. The van der Waals surface area contributed by atoms with Crippen LogP contribution in [0.1, 0.15) is 5.69 Å². The summed E-state index contributed by atoms with van der Waals surface area (Å²) in [4.78, 5) is 7.69. The van der Waals surface area contributed by atoms with Gasteiger partial charge in [-0.2, -0.15) is 4.37 Å². The molecule has 0 saturated heterocycles. The highest BCUT2D eigenvalue weighted by molar-refractivity contribution is 7.10. The van der Waals surface area contributed by atoms with Gasteiger partial charge in [0.1, 0.15) is 16.3 Å². The normalized spacial score (nSPS) is 11.2. The van der Waals surface area contributed by atoms with Gasteiger partial charge >= 0.3 is 0 Å². The standard InChI is InChI=1S/C11H9ClN4S/c1-5-8(10(13)17-16-5)11-14-7-4-2-3-6(12)9(7)15-11/h2-4H,13H2,1H3,(H,14,15). The molecule has 0 aliphatic carbocycles. The minimum atomic E-state index is 0.629. The molecule has 0 spiro atoms. The monoisotopic (exact) mass is 264 g/mol. The van der Waals surface area contributed by atoms with Crippen molar-refractivity contribution in [2.75, 3.05) is 5.73 Å². The molecular formula is C11H9ClN4S. The van der Waals surface area contributed by atoms with Crippen molar-refractivity contribution >= 4 is 39.2 Å². The van der Waals surface area contributed by atoms with Crippen LogP contribution in [-0.4, -0.2) is 14.3 Å². The maximum Gasteiger partial charge on any atom is 0.143 e. The van der Waals surface area contributed by atoms with E-state index in [1.165, 1.54) is 11.5 Å². The maximum absolute atomic E-state index is 6.08. The van der Waals surface area contributed by atoms with Gasteiger partial charge in [0.2, 0.25) is 0 Å². The molecule has 3 aromatic rings. The molecule has 0 aliphatic heterocycles. The van der Waals surface area contributed by atoms with Crippen LogP contribution in [0.3, 0.4) is 0 Å². The summed E-state index contributed by atoms with van der Waals surface area (Å²) in [5.41, 5.74) is 9.30. The summed E-state index contributed by atoms with van der Waals surface area (Å²) >= 11 is 7.36. The number of nitrogens with one attached hydrogen (secondary N) is 1. The number of nitrogen functional groups attached to an aromatic ring is 1. The van der Waals surface area contributed by atoms with Crippen molar-refractivity contribution < 1.29 is 0 Å². The Balaban J connectivity index is 2.29. The number of hydrogen-bond acceptors (Lipinski definition) is 4. The molecule has 0 fully saturated rings. The van der Waals surface area contributed by atoms with Gasteiger partial charge in [-0.3, -0.25) is 0 Å². The van der Waals surface area contributed by atoms with Crippen molar-refractivity contribution in [2.45, 2.75) is 6.92 Å². The molecule has 2 aromatic heterocycles. The summed E-state index contributed by atoms with van der Waals surface area (Å²) < 4.78 is 4.21. The Morgan fingerprint density at radius 1 is 1.41 bits per heavy atom. The Hall–Kier alpha value is -1.59. The number of rotatable bonds is 1. The number of halogens is 1. The lowest BCUT2D eigenvalue weighted by Gasteiger charge is -1.94. The van der Waals surface area contributed by atoms with Crippen LogP contribution in [0.4, 0.5) is 5.00 Å². The van der Waals surface area contributed by atoms with Crippen LogP contribution in [0, 0.1) is 6.92 Å². The Kier molecular flexibility index (Phi) is 2.31. The van der Waals surface area contributed by atoms with Crippen LogP contribution < -0.4 is 5.73 Å². The molecule has 0 bridgehead atoms. The Bertz CT molecular complexity index is 681. The van der Waals surface area contributed by atoms with E-state index in [1.807, 2.05) is 25.1 Å². The molecule has 3 rings (SSSR count). The molecule has 0 atom stereocenters. The number of aromatic amines is 1. The topological polar surface area (TPSA) is 67.6 Å². The van der Waals surface area contributed by atoms with Gasteiger partial charge in [-0.1, -0.05) is 17.7 Å². The number of para-hydroxylation sites is 1. The fourth-order valence-electron chi connectivity index (χ4n) is 1.79. The fraction of sp³-hybridized carbons (Fsp3) is 0.0909. The van der Waals surface area contributed by atoms with Gasteiger partial charge in [-0.15, -0.1) is 0 Å². The minimum Gasteiger partial charge on any atom is -0.389 e. The van der Waals surface area contributed by atoms with E-state index < -0.39 is 0 Å². The van der Waals surface area contributed by atoms with Crippen molar-refractivity contribution in [3.05, 3.63) is 28.9 Å². The molecule has 6 heteroatoms. The van der Waals surface area contributed by atoms with E-state index in [2.05, 4.69) is 14.3 Å². The zero-order chi connectivity index (χ0) is 12.0. The van der Waals surface area contributed by atoms with Gasteiger partial charge in [0, 0.05) is 0 Å². The van der Waals surface area contributed by atoms with Crippen LogP contribution in [0.2, 0.25) is 5.02 Å². The number of benzene rings is 1. The van der Waals surface area contributed by atoms with Gasteiger partial charge < -0.3 is 10.7 Å². The van der Waals surface area contributed by atoms with E-state index >= 15 is 0 Å². The third-order valence-electron chi connectivity index (χ3n) is 2.59. The number of fused-ring (bicyclic) bond motifs is 1. The number of nitrogens with zero attached hydrogens (tertiary/aromatic N) is 2. The number of anilines is 1. The summed E-state index contributed by atoms with van der Waals surface area (Å²) in [7, 11) is 0. The lowest BCUT2D eigenvalue weighted by Crippen LogP contribution is -1.87. The van der Waals surface area contributed by atoms with Crippen LogP contribution in [0.15, 0.2) is 18.2 Å². The minimum absolute atomic E-state index is 0.629. The average Bonchev–Trinajstić information content (AvgIpc) is 2.84. The summed E-state index contributed by atoms with van der Waals surface area (Å²) in [5.74, 6) is 0.719. The predicted octanol–water partition coefficient (Wildman–Crippen LogP) is 3.23. The van der Waals surface area contributed by atoms with Crippen LogP contribution >= 0.6 is 23.1 Å². The Morgan fingerprint density at radius 3 is 2.88 bits per heavy atom. The van der Waals surface area contributed by atoms with E-state index in [9.17, 15) is 0 Å². The Labute approximate surface area is 107 Å². The SMILES string of the molecule is Cc1nsc(N)c1-c1nc2c(Cl)cccc2[nH]1. The maximum atomic E-state index is 6.08. The number of H-pyrrole nitrogens is 1. The van der Waals surface area contributed by atoms with E-state index in [0.717, 1.165) is 28.1 Å². The first-order valence-electron chi connectivity index (χ1n) is 5.03. The molecule has 0 saturated carbocycles. The van der Waals surface area contributed by atoms with Gasteiger partial charge in [0.05, 0.1) is 21.8 Å². The molecule has 2 heterocycles. The van der Waals surface area contributed by atoms with Crippen molar-refractivity contribution in [2.24, 2.45) is 0 Å². The number of aryl methyl sites for hydroxylation is 1. The van der Waals surface area contributed by atoms with Gasteiger partial charge in [-0.25, -0.2) is 4.98 Å². The van der Waals surface area contributed by atoms with Crippen molar-refractivity contribution in [1.29, 1.82) is 0 Å². The molecule has 0 aliphatic rings. The summed E-state index contributed by atoms with van der Waals surface area (Å²) in [6, 6.07) is 5.63. The van der Waals surface area contributed by atoms with Crippen molar-refractivity contribution in [3.8, 4) is 11.4 Å². The third-order valence-corrected chi connectivity index (χ3v) is 3.66. The molecule has 17 heavy (non-hydrogen) atoms. The molecule has 86 valence electrons. The fourth-order valence-corrected chi connectivity index (χ4v) is 2.67. The number of aromatic nitrogens is 3. The predicted molar refractivity (Wildman–Crippen MR) is 71.4 cm³/mol. The van der Waals surface area contributed by atoms with E-state index in [-0.39, 0.29) is 0 Å². The molecule has 0 unspecified atom stereocenters. The first kappa shape index (κ1) is 10.6. The van der Waals surface area contributed by atoms with Crippen molar-refractivity contribution in [3.63, 3.8) is 0 Å². The van der Waals surface area contributed by atoms with Crippen LogP contribution in [0.5, 0.6) is 0 Å². The van der Waals surface area contributed by atoms with E-state index in [1.54, 1.807) is 0 Å². The third kappa shape index (κ3) is 1.59. The summed E-state index contributed by atoms with van der Waals surface area (Å²) in [6.45, 7) is 1.91.